The van der Waals surface area contributed by atoms with Crippen LogP contribution in [0.4, 0.5) is 15.0 Å². The Hall–Kier alpha value is -2.41. The van der Waals surface area contributed by atoms with Crippen molar-refractivity contribution >= 4 is 11.8 Å². The van der Waals surface area contributed by atoms with Crippen molar-refractivity contribution in [3.05, 3.63) is 41.8 Å². The first-order valence-corrected chi connectivity index (χ1v) is 8.50. The molecule has 0 bridgehead atoms. The summed E-state index contributed by atoms with van der Waals surface area (Å²) < 4.78 is 15.0. The Morgan fingerprint density at radius 2 is 2.08 bits per heavy atom. The van der Waals surface area contributed by atoms with Crippen LogP contribution >= 0.6 is 0 Å². The van der Waals surface area contributed by atoms with E-state index in [-0.39, 0.29) is 23.9 Å². The molecule has 1 aromatic carbocycles. The predicted octanol–water partition coefficient (Wildman–Crippen LogP) is 2.94. The Kier molecular flexibility index (Phi) is 5.03. The first kappa shape index (κ1) is 17.4. The minimum Gasteiger partial charge on any atom is -0.393 e. The Morgan fingerprint density at radius 1 is 1.36 bits per heavy atom. The van der Waals surface area contributed by atoms with Gasteiger partial charge < -0.3 is 10.0 Å². The quantitative estimate of drug-likeness (QED) is 0.898. The highest BCUT2D eigenvalue weighted by Gasteiger charge is 2.25. The highest BCUT2D eigenvalue weighted by molar-refractivity contribution is 5.88. The van der Waals surface area contributed by atoms with Gasteiger partial charge in [-0.1, -0.05) is 6.07 Å². The Balaban J connectivity index is 1.66. The van der Waals surface area contributed by atoms with Crippen LogP contribution in [0, 0.1) is 18.7 Å². The number of anilines is 1. The fourth-order valence-electron chi connectivity index (χ4n) is 3.18. The summed E-state index contributed by atoms with van der Waals surface area (Å²) in [5.74, 6) is 0.349. The molecule has 1 fully saturated rings. The van der Waals surface area contributed by atoms with Crippen LogP contribution in [0.5, 0.6) is 0 Å². The van der Waals surface area contributed by atoms with E-state index < -0.39 is 0 Å². The second kappa shape index (κ2) is 7.23. The second-order valence-electron chi connectivity index (χ2n) is 6.56. The van der Waals surface area contributed by atoms with Gasteiger partial charge in [0, 0.05) is 24.8 Å². The number of halogens is 1. The monoisotopic (exact) mass is 346 g/mol. The first-order chi connectivity index (χ1) is 11.9. The largest absolute Gasteiger partial charge is 0.393 e. The van der Waals surface area contributed by atoms with E-state index in [4.69, 9.17) is 0 Å². The number of aryl methyl sites for hydroxylation is 1. The standard InChI is InChI=1S/C18H23FN4O2/c1-12-10-17(21-23(12)16-5-3-4-15(19)11-16)20-18(25)22-8-6-14(7-9-22)13(2)24/h3-5,10-11,13-14,24H,6-9H2,1-2H3,(H,20,21,25). The van der Waals surface area contributed by atoms with Crippen LogP contribution in [-0.4, -0.2) is 45.0 Å². The zero-order valence-corrected chi connectivity index (χ0v) is 14.4. The summed E-state index contributed by atoms with van der Waals surface area (Å²) in [5.41, 5.74) is 1.41. The molecule has 1 aromatic heterocycles. The molecule has 2 N–H and O–H groups in total. The molecule has 1 aliphatic rings. The number of urea groups is 1. The number of nitrogens with zero attached hydrogens (tertiary/aromatic N) is 3. The number of carbonyl (C=O) groups excluding carboxylic acids is 1. The average molecular weight is 346 g/mol. The molecule has 1 atom stereocenters. The summed E-state index contributed by atoms with van der Waals surface area (Å²) in [6.45, 7) is 4.87. The lowest BCUT2D eigenvalue weighted by Crippen LogP contribution is -2.42. The molecular formula is C18H23FN4O2. The van der Waals surface area contributed by atoms with Gasteiger partial charge in [0.1, 0.15) is 5.82 Å². The molecule has 25 heavy (non-hydrogen) atoms. The minimum absolute atomic E-state index is 0.201. The molecule has 0 saturated carbocycles. The maximum Gasteiger partial charge on any atom is 0.323 e. The summed E-state index contributed by atoms with van der Waals surface area (Å²) in [4.78, 5) is 14.1. The molecule has 1 unspecified atom stereocenters. The molecular weight excluding hydrogens is 323 g/mol. The van der Waals surface area contributed by atoms with Crippen molar-refractivity contribution in [3.8, 4) is 5.69 Å². The van der Waals surface area contributed by atoms with Gasteiger partial charge in [0.25, 0.3) is 0 Å². The van der Waals surface area contributed by atoms with Crippen LogP contribution in [0.1, 0.15) is 25.5 Å². The number of aliphatic hydroxyl groups excluding tert-OH is 1. The van der Waals surface area contributed by atoms with E-state index in [2.05, 4.69) is 10.4 Å². The molecule has 0 aliphatic carbocycles. The first-order valence-electron chi connectivity index (χ1n) is 8.50. The van der Waals surface area contributed by atoms with Crippen LogP contribution in [0.2, 0.25) is 0 Å². The SMILES string of the molecule is Cc1cc(NC(=O)N2CCC(C(C)O)CC2)nn1-c1cccc(F)c1. The fraction of sp³-hybridized carbons (Fsp3) is 0.444. The van der Waals surface area contributed by atoms with Gasteiger partial charge in [-0.2, -0.15) is 0 Å². The maximum atomic E-state index is 13.4. The van der Waals surface area contributed by atoms with Crippen LogP contribution < -0.4 is 5.32 Å². The lowest BCUT2D eigenvalue weighted by atomic mass is 9.92. The molecule has 3 rings (SSSR count). The molecule has 1 aliphatic heterocycles. The number of aliphatic hydroxyl groups is 1. The van der Waals surface area contributed by atoms with E-state index in [9.17, 15) is 14.3 Å². The van der Waals surface area contributed by atoms with Crippen molar-refractivity contribution in [2.75, 3.05) is 18.4 Å². The summed E-state index contributed by atoms with van der Waals surface area (Å²) >= 11 is 0. The van der Waals surface area contributed by atoms with Crippen LogP contribution in [0.15, 0.2) is 30.3 Å². The van der Waals surface area contributed by atoms with Gasteiger partial charge in [-0.15, -0.1) is 5.10 Å². The van der Waals surface area contributed by atoms with Crippen molar-refractivity contribution in [3.63, 3.8) is 0 Å². The van der Waals surface area contributed by atoms with Gasteiger partial charge in [0.05, 0.1) is 11.8 Å². The number of carbonyl (C=O) groups is 1. The lowest BCUT2D eigenvalue weighted by Gasteiger charge is -2.33. The molecule has 0 spiro atoms. The van der Waals surface area contributed by atoms with E-state index >= 15 is 0 Å². The second-order valence-corrected chi connectivity index (χ2v) is 6.56. The average Bonchev–Trinajstić information content (AvgIpc) is 2.95. The number of hydrogen-bond acceptors (Lipinski definition) is 3. The number of amides is 2. The Bertz CT molecular complexity index is 751. The Morgan fingerprint density at radius 3 is 2.72 bits per heavy atom. The molecule has 2 aromatic rings. The molecule has 0 radical (unpaired) electrons. The number of benzene rings is 1. The predicted molar refractivity (Wildman–Crippen MR) is 93.3 cm³/mol. The fourth-order valence-corrected chi connectivity index (χ4v) is 3.18. The number of aromatic nitrogens is 2. The molecule has 134 valence electrons. The van der Waals surface area contributed by atoms with E-state index in [0.717, 1.165) is 18.5 Å². The van der Waals surface area contributed by atoms with Crippen molar-refractivity contribution in [1.29, 1.82) is 0 Å². The van der Waals surface area contributed by atoms with Gasteiger partial charge in [0.15, 0.2) is 5.82 Å². The topological polar surface area (TPSA) is 70.4 Å². The molecule has 2 heterocycles. The van der Waals surface area contributed by atoms with Crippen LogP contribution in [0.25, 0.3) is 5.69 Å². The van der Waals surface area contributed by atoms with E-state index in [1.165, 1.54) is 12.1 Å². The number of hydrogen-bond donors (Lipinski definition) is 2. The number of nitrogens with one attached hydrogen (secondary N) is 1. The molecule has 6 nitrogen and oxygen atoms in total. The third-order valence-electron chi connectivity index (χ3n) is 4.68. The van der Waals surface area contributed by atoms with Gasteiger partial charge in [-0.3, -0.25) is 5.32 Å². The van der Waals surface area contributed by atoms with Crippen LogP contribution in [0.3, 0.4) is 0 Å². The van der Waals surface area contributed by atoms with Crippen molar-refractivity contribution in [2.24, 2.45) is 5.92 Å². The Labute approximate surface area is 146 Å². The van der Waals surface area contributed by atoms with Gasteiger partial charge in [0.2, 0.25) is 0 Å². The number of piperidine rings is 1. The molecule has 1 saturated heterocycles. The smallest absolute Gasteiger partial charge is 0.323 e. The van der Waals surface area contributed by atoms with E-state index in [0.29, 0.717) is 24.6 Å². The number of likely N-dealkylation sites (tertiary alicyclic amines) is 1. The highest BCUT2D eigenvalue weighted by Crippen LogP contribution is 2.21. The highest BCUT2D eigenvalue weighted by atomic mass is 19.1. The van der Waals surface area contributed by atoms with Crippen LogP contribution in [-0.2, 0) is 0 Å². The van der Waals surface area contributed by atoms with Gasteiger partial charge >= 0.3 is 6.03 Å². The number of rotatable bonds is 3. The zero-order chi connectivity index (χ0) is 18.0. The maximum absolute atomic E-state index is 13.4. The van der Waals surface area contributed by atoms with E-state index in [1.54, 1.807) is 34.7 Å². The summed E-state index contributed by atoms with van der Waals surface area (Å²) in [5, 5.41) is 16.8. The summed E-state index contributed by atoms with van der Waals surface area (Å²) in [7, 11) is 0. The zero-order valence-electron chi connectivity index (χ0n) is 14.4. The summed E-state index contributed by atoms with van der Waals surface area (Å²) in [6.07, 6.45) is 1.25. The third kappa shape index (κ3) is 3.99. The van der Waals surface area contributed by atoms with Crippen molar-refractivity contribution < 1.29 is 14.3 Å². The molecule has 2 amide bonds. The van der Waals surface area contributed by atoms with Crippen molar-refractivity contribution in [1.82, 2.24) is 14.7 Å². The lowest BCUT2D eigenvalue weighted by molar-refractivity contribution is 0.0820. The minimum atomic E-state index is -0.338. The third-order valence-corrected chi connectivity index (χ3v) is 4.68. The normalized spacial score (nSPS) is 16.7. The van der Waals surface area contributed by atoms with Crippen molar-refractivity contribution in [2.45, 2.75) is 32.8 Å². The van der Waals surface area contributed by atoms with Gasteiger partial charge in [-0.05, 0) is 50.8 Å². The molecule has 7 heteroatoms. The van der Waals surface area contributed by atoms with Gasteiger partial charge in [-0.25, -0.2) is 13.9 Å². The summed E-state index contributed by atoms with van der Waals surface area (Å²) in [6, 6.07) is 7.71. The van der Waals surface area contributed by atoms with E-state index in [1.807, 2.05) is 6.92 Å².